The summed E-state index contributed by atoms with van der Waals surface area (Å²) in [6.07, 6.45) is 6.69. The van der Waals surface area contributed by atoms with Crippen LogP contribution in [0.2, 0.25) is 0 Å². The molecule has 2 aliphatic rings. The van der Waals surface area contributed by atoms with E-state index in [1.807, 2.05) is 0 Å². The molecule has 2 heteroatoms. The largest absolute Gasteiger partial charge is 0.390 e. The highest BCUT2D eigenvalue weighted by atomic mass is 16.5. The highest BCUT2D eigenvalue weighted by Crippen LogP contribution is 2.45. The third-order valence-corrected chi connectivity index (χ3v) is 5.23. The molecular weight excluding hydrogens is 200 g/mol. The predicted molar refractivity (Wildman–Crippen MR) is 65.3 cm³/mol. The van der Waals surface area contributed by atoms with Gasteiger partial charge in [-0.3, -0.25) is 0 Å². The lowest BCUT2D eigenvalue weighted by Gasteiger charge is -2.48. The molecule has 0 radical (unpaired) electrons. The molecular formula is C14H26O2. The first-order valence-corrected chi connectivity index (χ1v) is 6.82. The van der Waals surface area contributed by atoms with Crippen LogP contribution in [0, 0.1) is 17.8 Å². The minimum atomic E-state index is -0.235. The average Bonchev–Trinajstić information content (AvgIpc) is 2.21. The van der Waals surface area contributed by atoms with E-state index >= 15 is 0 Å². The number of aliphatic hydroxyl groups excluding tert-OH is 1. The van der Waals surface area contributed by atoms with Gasteiger partial charge in [0.25, 0.3) is 0 Å². The molecule has 0 bridgehead atoms. The van der Waals surface area contributed by atoms with Gasteiger partial charge in [0.1, 0.15) is 0 Å². The van der Waals surface area contributed by atoms with E-state index in [-0.39, 0.29) is 11.7 Å². The molecule has 2 aliphatic carbocycles. The number of hydrogen-bond acceptors (Lipinski definition) is 2. The molecule has 94 valence electrons. The van der Waals surface area contributed by atoms with Crippen molar-refractivity contribution in [2.45, 2.75) is 64.1 Å². The van der Waals surface area contributed by atoms with Crippen molar-refractivity contribution >= 4 is 0 Å². The summed E-state index contributed by atoms with van der Waals surface area (Å²) in [7, 11) is 1.76. The fourth-order valence-electron chi connectivity index (χ4n) is 3.45. The molecule has 2 saturated carbocycles. The second-order valence-corrected chi connectivity index (χ2v) is 6.09. The summed E-state index contributed by atoms with van der Waals surface area (Å²) >= 11 is 0. The molecule has 16 heavy (non-hydrogen) atoms. The van der Waals surface area contributed by atoms with Crippen LogP contribution >= 0.6 is 0 Å². The second-order valence-electron chi connectivity index (χ2n) is 6.09. The lowest BCUT2D eigenvalue weighted by atomic mass is 9.66. The first-order chi connectivity index (χ1) is 7.59. The van der Waals surface area contributed by atoms with Crippen LogP contribution in [0.1, 0.15) is 52.4 Å². The molecule has 4 atom stereocenters. The van der Waals surface area contributed by atoms with Gasteiger partial charge in [0.15, 0.2) is 0 Å². The minimum absolute atomic E-state index is 0.190. The van der Waals surface area contributed by atoms with Crippen LogP contribution < -0.4 is 0 Å². The zero-order valence-corrected chi connectivity index (χ0v) is 10.9. The normalized spacial score (nSPS) is 40.1. The lowest BCUT2D eigenvalue weighted by molar-refractivity contribution is -0.173. The summed E-state index contributed by atoms with van der Waals surface area (Å²) in [6, 6.07) is 0. The van der Waals surface area contributed by atoms with E-state index in [2.05, 4.69) is 13.8 Å². The highest BCUT2D eigenvalue weighted by Gasteiger charge is 2.47. The van der Waals surface area contributed by atoms with Crippen molar-refractivity contribution in [2.75, 3.05) is 7.11 Å². The molecule has 2 rings (SSSR count). The van der Waals surface area contributed by atoms with E-state index in [1.54, 1.807) is 7.11 Å². The first kappa shape index (κ1) is 12.4. The van der Waals surface area contributed by atoms with E-state index in [9.17, 15) is 5.11 Å². The average molecular weight is 226 g/mol. The molecule has 4 unspecified atom stereocenters. The second kappa shape index (κ2) is 4.66. The fourth-order valence-corrected chi connectivity index (χ4v) is 3.45. The van der Waals surface area contributed by atoms with Crippen molar-refractivity contribution in [3.05, 3.63) is 0 Å². The van der Waals surface area contributed by atoms with Crippen LogP contribution in [0.25, 0.3) is 0 Å². The van der Waals surface area contributed by atoms with Crippen molar-refractivity contribution in [1.82, 2.24) is 0 Å². The smallest absolute Gasteiger partial charge is 0.0939 e. The maximum absolute atomic E-state index is 10.5. The third kappa shape index (κ3) is 2.02. The van der Waals surface area contributed by atoms with Crippen molar-refractivity contribution in [1.29, 1.82) is 0 Å². The zero-order chi connectivity index (χ0) is 11.8. The van der Waals surface area contributed by atoms with Gasteiger partial charge in [0, 0.05) is 7.11 Å². The van der Waals surface area contributed by atoms with E-state index in [0.717, 1.165) is 24.7 Å². The monoisotopic (exact) mass is 226 g/mol. The Morgan fingerprint density at radius 3 is 2.31 bits per heavy atom. The van der Waals surface area contributed by atoms with Gasteiger partial charge in [0.2, 0.25) is 0 Å². The van der Waals surface area contributed by atoms with Gasteiger partial charge in [0.05, 0.1) is 11.7 Å². The van der Waals surface area contributed by atoms with Gasteiger partial charge >= 0.3 is 0 Å². The molecule has 1 N–H and O–H groups in total. The van der Waals surface area contributed by atoms with Crippen LogP contribution in [-0.2, 0) is 4.74 Å². The molecule has 2 fully saturated rings. The lowest BCUT2D eigenvalue weighted by Crippen LogP contribution is -2.54. The van der Waals surface area contributed by atoms with Gasteiger partial charge in [-0.15, -0.1) is 0 Å². The SMILES string of the molecule is COC1(C(O)C2CCC(C)C(C)C2)CCC1. The van der Waals surface area contributed by atoms with Crippen LogP contribution in [0.5, 0.6) is 0 Å². The van der Waals surface area contributed by atoms with Crippen LogP contribution in [0.4, 0.5) is 0 Å². The number of methoxy groups -OCH3 is 1. The molecule has 0 aromatic carbocycles. The number of aliphatic hydroxyl groups is 1. The molecule has 0 amide bonds. The summed E-state index contributed by atoms with van der Waals surface area (Å²) in [5.74, 6) is 2.04. The predicted octanol–water partition coefficient (Wildman–Crippen LogP) is 2.99. The summed E-state index contributed by atoms with van der Waals surface area (Å²) in [5, 5.41) is 10.5. The van der Waals surface area contributed by atoms with Crippen molar-refractivity contribution < 1.29 is 9.84 Å². The summed E-state index contributed by atoms with van der Waals surface area (Å²) in [6.45, 7) is 4.66. The van der Waals surface area contributed by atoms with Crippen molar-refractivity contribution in [2.24, 2.45) is 17.8 Å². The summed E-state index contributed by atoms with van der Waals surface area (Å²) in [4.78, 5) is 0. The van der Waals surface area contributed by atoms with Gasteiger partial charge in [-0.25, -0.2) is 0 Å². The Kier molecular flexibility index (Phi) is 3.60. The Morgan fingerprint density at radius 1 is 1.19 bits per heavy atom. The molecule has 2 nitrogen and oxygen atoms in total. The van der Waals surface area contributed by atoms with E-state index in [1.165, 1.54) is 25.7 Å². The van der Waals surface area contributed by atoms with Crippen LogP contribution in [0.3, 0.4) is 0 Å². The minimum Gasteiger partial charge on any atom is -0.390 e. The Balaban J connectivity index is 1.97. The van der Waals surface area contributed by atoms with Crippen LogP contribution in [0.15, 0.2) is 0 Å². The van der Waals surface area contributed by atoms with Crippen molar-refractivity contribution in [3.63, 3.8) is 0 Å². The standard InChI is InChI=1S/C14H26O2/c1-10-5-6-12(9-11(10)2)13(15)14(16-3)7-4-8-14/h10-13,15H,4-9H2,1-3H3. The fraction of sp³-hybridized carbons (Fsp3) is 1.00. The quantitative estimate of drug-likeness (QED) is 0.801. The Morgan fingerprint density at radius 2 is 1.88 bits per heavy atom. The molecule has 0 spiro atoms. The third-order valence-electron chi connectivity index (χ3n) is 5.23. The van der Waals surface area contributed by atoms with Crippen LogP contribution in [-0.4, -0.2) is 23.9 Å². The van der Waals surface area contributed by atoms with Gasteiger partial charge in [-0.1, -0.05) is 20.3 Å². The number of hydrogen-bond donors (Lipinski definition) is 1. The molecule has 0 aromatic heterocycles. The molecule has 0 aliphatic heterocycles. The summed E-state index contributed by atoms with van der Waals surface area (Å²) in [5.41, 5.74) is -0.190. The molecule has 0 heterocycles. The Labute approximate surface area is 99.4 Å². The maximum Gasteiger partial charge on any atom is 0.0939 e. The maximum atomic E-state index is 10.5. The van der Waals surface area contributed by atoms with Gasteiger partial charge < -0.3 is 9.84 Å². The summed E-state index contributed by atoms with van der Waals surface area (Å²) < 4.78 is 5.60. The topological polar surface area (TPSA) is 29.5 Å². The Hall–Kier alpha value is -0.0800. The van der Waals surface area contributed by atoms with E-state index in [0.29, 0.717) is 5.92 Å². The van der Waals surface area contributed by atoms with E-state index in [4.69, 9.17) is 4.74 Å². The Bertz CT molecular complexity index is 229. The highest BCUT2D eigenvalue weighted by molar-refractivity contribution is 4.99. The molecule has 0 saturated heterocycles. The first-order valence-electron chi connectivity index (χ1n) is 6.82. The number of rotatable bonds is 3. The molecule has 0 aromatic rings. The number of ether oxygens (including phenoxy) is 1. The van der Waals surface area contributed by atoms with Crippen molar-refractivity contribution in [3.8, 4) is 0 Å². The van der Waals surface area contributed by atoms with Gasteiger partial charge in [-0.2, -0.15) is 0 Å². The van der Waals surface area contributed by atoms with E-state index < -0.39 is 0 Å². The zero-order valence-electron chi connectivity index (χ0n) is 10.9. The van der Waals surface area contributed by atoms with Gasteiger partial charge in [-0.05, 0) is 49.9 Å².